The number of aliphatic hydroxyl groups is 1. The number of aliphatic hydroxyl groups excluding tert-OH is 1. The second-order valence-electron chi connectivity index (χ2n) is 5.24. The molecule has 7 heteroatoms. The van der Waals surface area contributed by atoms with Gasteiger partial charge in [-0.05, 0) is 31.1 Å². The summed E-state index contributed by atoms with van der Waals surface area (Å²) in [4.78, 5) is 11.8. The van der Waals surface area contributed by atoms with Gasteiger partial charge in [-0.3, -0.25) is 4.79 Å². The van der Waals surface area contributed by atoms with E-state index in [1.807, 2.05) is 0 Å². The molecule has 1 amide bonds. The summed E-state index contributed by atoms with van der Waals surface area (Å²) in [6, 6.07) is -0.258. The third-order valence-electron chi connectivity index (χ3n) is 4.13. The van der Waals surface area contributed by atoms with Gasteiger partial charge >= 0.3 is 6.18 Å². The second kappa shape index (κ2) is 4.70. The summed E-state index contributed by atoms with van der Waals surface area (Å²) in [5.41, 5.74) is 5.91. The number of alkyl halides is 3. The standard InChI is InChI=1S/C11H17F3N2O2/c12-11(13,14)7(17)4-16-10(18)8-5-1-2-6(3-5)9(8)15/h5-9,17H,1-4,15H2,(H,16,18). The molecule has 2 aliphatic rings. The van der Waals surface area contributed by atoms with Crippen molar-refractivity contribution in [1.29, 1.82) is 0 Å². The third-order valence-corrected chi connectivity index (χ3v) is 4.13. The molecule has 2 bridgehead atoms. The van der Waals surface area contributed by atoms with E-state index in [-0.39, 0.29) is 12.0 Å². The molecule has 2 fully saturated rings. The summed E-state index contributed by atoms with van der Waals surface area (Å²) < 4.78 is 36.2. The number of nitrogens with two attached hydrogens (primary N) is 1. The molecule has 4 nitrogen and oxygen atoms in total. The molecule has 0 spiro atoms. The molecule has 0 aliphatic heterocycles. The minimum atomic E-state index is -4.70. The number of halogens is 3. The van der Waals surface area contributed by atoms with Gasteiger partial charge in [-0.25, -0.2) is 0 Å². The number of hydrogen-bond acceptors (Lipinski definition) is 3. The molecule has 5 atom stereocenters. The van der Waals surface area contributed by atoms with Crippen LogP contribution in [-0.4, -0.2) is 35.9 Å². The maximum atomic E-state index is 12.1. The number of hydrogen-bond donors (Lipinski definition) is 3. The molecule has 0 radical (unpaired) electrons. The average Bonchev–Trinajstić information content (AvgIpc) is 2.84. The van der Waals surface area contributed by atoms with Crippen molar-refractivity contribution in [3.05, 3.63) is 0 Å². The lowest BCUT2D eigenvalue weighted by molar-refractivity contribution is -0.202. The number of carbonyl (C=O) groups excluding carboxylic acids is 1. The monoisotopic (exact) mass is 266 g/mol. The van der Waals surface area contributed by atoms with Gasteiger partial charge in [0.25, 0.3) is 0 Å². The van der Waals surface area contributed by atoms with Crippen LogP contribution in [-0.2, 0) is 4.79 Å². The maximum absolute atomic E-state index is 12.1. The van der Waals surface area contributed by atoms with E-state index in [2.05, 4.69) is 5.32 Å². The Morgan fingerprint density at radius 2 is 2.00 bits per heavy atom. The number of fused-ring (bicyclic) bond motifs is 2. The van der Waals surface area contributed by atoms with Crippen LogP contribution in [0.5, 0.6) is 0 Å². The van der Waals surface area contributed by atoms with E-state index in [0.717, 1.165) is 19.3 Å². The molecule has 18 heavy (non-hydrogen) atoms. The fourth-order valence-corrected chi connectivity index (χ4v) is 3.16. The van der Waals surface area contributed by atoms with Crippen molar-refractivity contribution in [3.63, 3.8) is 0 Å². The molecule has 0 aromatic carbocycles. The zero-order valence-electron chi connectivity index (χ0n) is 9.78. The van der Waals surface area contributed by atoms with E-state index in [0.29, 0.717) is 5.92 Å². The van der Waals surface area contributed by atoms with E-state index in [1.54, 1.807) is 0 Å². The molecule has 2 aliphatic carbocycles. The van der Waals surface area contributed by atoms with E-state index < -0.39 is 30.7 Å². The normalized spacial score (nSPS) is 36.7. The molecule has 0 aromatic rings. The SMILES string of the molecule is NC1C2CCC(C2)C1C(=O)NCC(O)C(F)(F)F. The molecule has 0 aromatic heterocycles. The molecule has 5 unspecified atom stereocenters. The van der Waals surface area contributed by atoms with Crippen LogP contribution in [0.2, 0.25) is 0 Å². The highest BCUT2D eigenvalue weighted by Gasteiger charge is 2.49. The van der Waals surface area contributed by atoms with Gasteiger partial charge in [0, 0.05) is 6.04 Å². The fraction of sp³-hybridized carbons (Fsp3) is 0.909. The van der Waals surface area contributed by atoms with Crippen molar-refractivity contribution < 1.29 is 23.1 Å². The minimum Gasteiger partial charge on any atom is -0.382 e. The second-order valence-corrected chi connectivity index (χ2v) is 5.24. The number of rotatable bonds is 3. The summed E-state index contributed by atoms with van der Waals surface area (Å²) in [7, 11) is 0. The smallest absolute Gasteiger partial charge is 0.382 e. The first-order valence-electron chi connectivity index (χ1n) is 6.08. The quantitative estimate of drug-likeness (QED) is 0.692. The van der Waals surface area contributed by atoms with Gasteiger partial charge in [-0.1, -0.05) is 0 Å². The molecule has 104 valence electrons. The van der Waals surface area contributed by atoms with E-state index in [4.69, 9.17) is 10.8 Å². The summed E-state index contributed by atoms with van der Waals surface area (Å²) in [5, 5.41) is 11.0. The topological polar surface area (TPSA) is 75.4 Å². The first-order chi connectivity index (χ1) is 8.30. The van der Waals surface area contributed by atoms with E-state index >= 15 is 0 Å². The minimum absolute atomic E-state index is 0.188. The van der Waals surface area contributed by atoms with Gasteiger partial charge in [-0.15, -0.1) is 0 Å². The Morgan fingerprint density at radius 1 is 1.39 bits per heavy atom. The van der Waals surface area contributed by atoms with Crippen molar-refractivity contribution in [2.45, 2.75) is 37.6 Å². The zero-order valence-corrected chi connectivity index (χ0v) is 9.78. The van der Waals surface area contributed by atoms with Crippen molar-refractivity contribution in [3.8, 4) is 0 Å². The first kappa shape index (κ1) is 13.6. The summed E-state index contributed by atoms with van der Waals surface area (Å²) in [6.45, 7) is -0.803. The average molecular weight is 266 g/mol. The Labute approximate surface area is 103 Å². The fourth-order valence-electron chi connectivity index (χ4n) is 3.16. The number of amides is 1. The van der Waals surface area contributed by atoms with Crippen LogP contribution in [0.15, 0.2) is 0 Å². The molecule has 0 heterocycles. The van der Waals surface area contributed by atoms with Crippen LogP contribution < -0.4 is 11.1 Å². The van der Waals surface area contributed by atoms with Crippen molar-refractivity contribution in [1.82, 2.24) is 5.32 Å². The Bertz CT molecular complexity index is 333. The number of carbonyl (C=O) groups is 1. The highest BCUT2D eigenvalue weighted by Crippen LogP contribution is 2.47. The van der Waals surface area contributed by atoms with Gasteiger partial charge in [0.2, 0.25) is 5.91 Å². The largest absolute Gasteiger partial charge is 0.416 e. The van der Waals surface area contributed by atoms with Gasteiger partial charge in [0.15, 0.2) is 6.10 Å². The Balaban J connectivity index is 1.86. The predicted octanol–water partition coefficient (Wildman–Crippen LogP) is 0.399. The van der Waals surface area contributed by atoms with Crippen LogP contribution in [0.3, 0.4) is 0 Å². The van der Waals surface area contributed by atoms with Crippen LogP contribution in [0.25, 0.3) is 0 Å². The van der Waals surface area contributed by atoms with Crippen molar-refractivity contribution in [2.75, 3.05) is 6.54 Å². The zero-order chi connectivity index (χ0) is 13.5. The third kappa shape index (κ3) is 2.47. The summed E-state index contributed by atoms with van der Waals surface area (Å²) in [6.07, 6.45) is -4.42. The predicted molar refractivity (Wildman–Crippen MR) is 57.4 cm³/mol. The lowest BCUT2D eigenvalue weighted by Crippen LogP contribution is -2.48. The van der Waals surface area contributed by atoms with E-state index in [9.17, 15) is 18.0 Å². The highest BCUT2D eigenvalue weighted by molar-refractivity contribution is 5.80. The lowest BCUT2D eigenvalue weighted by atomic mass is 9.84. The van der Waals surface area contributed by atoms with Gasteiger partial charge in [-0.2, -0.15) is 13.2 Å². The molecular formula is C11H17F3N2O2. The Morgan fingerprint density at radius 3 is 2.50 bits per heavy atom. The molecule has 0 saturated heterocycles. The van der Waals surface area contributed by atoms with Crippen LogP contribution in [0, 0.1) is 17.8 Å². The van der Waals surface area contributed by atoms with Gasteiger partial charge in [0.05, 0.1) is 12.5 Å². The lowest BCUT2D eigenvalue weighted by Gasteiger charge is -2.27. The Hall–Kier alpha value is -0.820. The molecule has 2 rings (SSSR count). The van der Waals surface area contributed by atoms with Crippen molar-refractivity contribution >= 4 is 5.91 Å². The summed E-state index contributed by atoms with van der Waals surface area (Å²) in [5.74, 6) is -0.353. The van der Waals surface area contributed by atoms with Crippen LogP contribution >= 0.6 is 0 Å². The molecule has 4 N–H and O–H groups in total. The number of nitrogens with one attached hydrogen (secondary N) is 1. The summed E-state index contributed by atoms with van der Waals surface area (Å²) >= 11 is 0. The van der Waals surface area contributed by atoms with E-state index in [1.165, 1.54) is 0 Å². The Kier molecular flexibility index (Phi) is 3.55. The van der Waals surface area contributed by atoms with Gasteiger partial charge in [0.1, 0.15) is 0 Å². The van der Waals surface area contributed by atoms with Crippen LogP contribution in [0.4, 0.5) is 13.2 Å². The van der Waals surface area contributed by atoms with Crippen LogP contribution in [0.1, 0.15) is 19.3 Å². The highest BCUT2D eigenvalue weighted by atomic mass is 19.4. The molecular weight excluding hydrogens is 249 g/mol. The maximum Gasteiger partial charge on any atom is 0.416 e. The van der Waals surface area contributed by atoms with Gasteiger partial charge < -0.3 is 16.2 Å². The molecule has 2 saturated carbocycles. The first-order valence-corrected chi connectivity index (χ1v) is 6.08. The van der Waals surface area contributed by atoms with Crippen molar-refractivity contribution in [2.24, 2.45) is 23.5 Å².